The number of pyridine rings is 1. The van der Waals surface area contributed by atoms with Crippen molar-refractivity contribution in [2.75, 3.05) is 0 Å². The Labute approximate surface area is 125 Å². The number of rotatable bonds is 2. The first-order valence-corrected chi connectivity index (χ1v) is 8.05. The molecule has 22 heavy (non-hydrogen) atoms. The molecule has 0 bridgehead atoms. The van der Waals surface area contributed by atoms with Crippen LogP contribution in [0.3, 0.4) is 0 Å². The molecule has 0 aliphatic heterocycles. The van der Waals surface area contributed by atoms with Crippen LogP contribution in [0.25, 0.3) is 21.8 Å². The predicted octanol–water partition coefficient (Wildman–Crippen LogP) is 1.77. The largest absolute Gasteiger partial charge is 0.478 e. The van der Waals surface area contributed by atoms with E-state index >= 15 is 0 Å². The fourth-order valence-corrected chi connectivity index (χ4v) is 3.19. The molecule has 0 aliphatic rings. The van der Waals surface area contributed by atoms with Gasteiger partial charge in [0, 0.05) is 27.7 Å². The van der Waals surface area contributed by atoms with Crippen molar-refractivity contribution in [3.63, 3.8) is 0 Å². The number of carboxylic acids is 1. The molecule has 3 N–H and O–H groups in total. The third kappa shape index (κ3) is 2.06. The van der Waals surface area contributed by atoms with Gasteiger partial charge >= 0.3 is 5.97 Å². The molecule has 1 aromatic carbocycles. The minimum atomic E-state index is -4.37. The van der Waals surface area contributed by atoms with Crippen LogP contribution in [0.2, 0.25) is 0 Å². The van der Waals surface area contributed by atoms with E-state index in [0.717, 1.165) is 18.3 Å². The molecule has 0 unspecified atom stereocenters. The molecule has 7 nitrogen and oxygen atoms in total. The monoisotopic (exact) mass is 344 g/mol. The Morgan fingerprint density at radius 2 is 2.00 bits per heavy atom. The molecule has 0 radical (unpaired) electrons. The molecule has 10 heteroatoms. The number of carboxylic acid groups (broad SMARTS) is 1. The van der Waals surface area contributed by atoms with E-state index in [1.54, 1.807) is 0 Å². The van der Waals surface area contributed by atoms with Gasteiger partial charge in [-0.3, -0.25) is 4.79 Å². The first kappa shape index (κ1) is 14.5. The second-order valence-corrected chi connectivity index (χ2v) is 7.01. The zero-order valence-corrected chi connectivity index (χ0v) is 12.0. The van der Waals surface area contributed by atoms with Crippen LogP contribution in [0.5, 0.6) is 0 Å². The molecule has 2 heterocycles. The molecular weight excluding hydrogens is 339 g/mol. The maximum absolute atomic E-state index is 13.8. The van der Waals surface area contributed by atoms with Crippen molar-refractivity contribution in [1.82, 2.24) is 9.97 Å². The molecule has 0 atom stereocenters. The van der Waals surface area contributed by atoms with Gasteiger partial charge in [-0.05, 0) is 12.1 Å². The summed E-state index contributed by atoms with van der Waals surface area (Å²) < 4.78 is 36.6. The highest BCUT2D eigenvalue weighted by Gasteiger charge is 2.21. The van der Waals surface area contributed by atoms with Crippen molar-refractivity contribution < 1.29 is 22.7 Å². The minimum absolute atomic E-state index is 0.0205. The molecule has 114 valence electrons. The molecule has 3 aromatic rings. The van der Waals surface area contributed by atoms with Gasteiger partial charge in [0.05, 0.1) is 11.1 Å². The Kier molecular flexibility index (Phi) is 3.01. The molecule has 2 aromatic heterocycles. The zero-order chi connectivity index (χ0) is 16.2. The maximum Gasteiger partial charge on any atom is 0.337 e. The highest BCUT2D eigenvalue weighted by molar-refractivity contribution is 8.13. The van der Waals surface area contributed by atoms with Gasteiger partial charge in [0.2, 0.25) is 0 Å². The number of aromatic carboxylic acids is 1. The number of aromatic nitrogens is 2. The van der Waals surface area contributed by atoms with E-state index in [-0.39, 0.29) is 27.4 Å². The van der Waals surface area contributed by atoms with Gasteiger partial charge in [-0.15, -0.1) is 0 Å². The standard InChI is InChI=1S/C12H6ClFN2O5S/c13-22(20,21)8-1-4-7(2-6(8)14)16-11(17)10-9(4)5(3-15-10)12(18)19/h1-3,15H,(H,16,17)(H,18,19). The number of carbonyl (C=O) groups is 1. The summed E-state index contributed by atoms with van der Waals surface area (Å²) >= 11 is 0. The van der Waals surface area contributed by atoms with E-state index in [1.165, 1.54) is 0 Å². The predicted molar refractivity (Wildman–Crippen MR) is 76.4 cm³/mol. The van der Waals surface area contributed by atoms with E-state index in [9.17, 15) is 22.4 Å². The van der Waals surface area contributed by atoms with Gasteiger partial charge in [0.15, 0.2) is 0 Å². The number of benzene rings is 1. The fraction of sp³-hybridized carbons (Fsp3) is 0. The molecule has 0 saturated heterocycles. The molecule has 3 rings (SSSR count). The lowest BCUT2D eigenvalue weighted by Gasteiger charge is -2.05. The topological polar surface area (TPSA) is 120 Å². The van der Waals surface area contributed by atoms with Gasteiger partial charge < -0.3 is 15.1 Å². The highest BCUT2D eigenvalue weighted by atomic mass is 35.7. The summed E-state index contributed by atoms with van der Waals surface area (Å²) in [5.74, 6) is -2.47. The van der Waals surface area contributed by atoms with Crippen LogP contribution in [-0.4, -0.2) is 29.5 Å². The van der Waals surface area contributed by atoms with Gasteiger partial charge in [-0.25, -0.2) is 17.6 Å². The van der Waals surface area contributed by atoms with Gasteiger partial charge in [-0.2, -0.15) is 0 Å². The third-order valence-electron chi connectivity index (χ3n) is 3.19. The van der Waals surface area contributed by atoms with E-state index in [0.29, 0.717) is 0 Å². The number of hydrogen-bond acceptors (Lipinski definition) is 4. The maximum atomic E-state index is 13.8. The quantitative estimate of drug-likeness (QED) is 0.612. The molecular formula is C12H6ClFN2O5S. The van der Waals surface area contributed by atoms with Crippen LogP contribution in [0.15, 0.2) is 28.0 Å². The molecule has 0 saturated carbocycles. The first-order valence-electron chi connectivity index (χ1n) is 5.74. The summed E-state index contributed by atoms with van der Waals surface area (Å²) in [4.78, 5) is 27.2. The smallest absolute Gasteiger partial charge is 0.337 e. The van der Waals surface area contributed by atoms with Crippen molar-refractivity contribution >= 4 is 47.5 Å². The van der Waals surface area contributed by atoms with Crippen LogP contribution < -0.4 is 5.56 Å². The Morgan fingerprint density at radius 1 is 1.32 bits per heavy atom. The third-order valence-corrected chi connectivity index (χ3v) is 4.53. The lowest BCUT2D eigenvalue weighted by molar-refractivity contribution is 0.0699. The van der Waals surface area contributed by atoms with E-state index in [1.807, 2.05) is 0 Å². The van der Waals surface area contributed by atoms with Crippen LogP contribution in [0, 0.1) is 5.82 Å². The number of halogens is 2. The highest BCUT2D eigenvalue weighted by Crippen LogP contribution is 2.29. The summed E-state index contributed by atoms with van der Waals surface area (Å²) in [7, 11) is 0.787. The zero-order valence-electron chi connectivity index (χ0n) is 10.5. The lowest BCUT2D eigenvalue weighted by Crippen LogP contribution is -2.08. The van der Waals surface area contributed by atoms with E-state index in [2.05, 4.69) is 9.97 Å². The van der Waals surface area contributed by atoms with E-state index < -0.39 is 31.3 Å². The van der Waals surface area contributed by atoms with Crippen molar-refractivity contribution in [3.8, 4) is 0 Å². The molecule has 0 amide bonds. The van der Waals surface area contributed by atoms with Gasteiger partial charge in [0.25, 0.3) is 14.6 Å². The summed E-state index contributed by atoms with van der Waals surface area (Å²) in [6.07, 6.45) is 1.10. The summed E-state index contributed by atoms with van der Waals surface area (Å²) in [5, 5.41) is 9.18. The summed E-state index contributed by atoms with van der Waals surface area (Å²) in [6.45, 7) is 0. The van der Waals surface area contributed by atoms with Crippen LogP contribution in [0.1, 0.15) is 10.4 Å². The molecule has 0 spiro atoms. The average molecular weight is 345 g/mol. The van der Waals surface area contributed by atoms with Gasteiger partial charge in [-0.1, -0.05) is 0 Å². The lowest BCUT2D eigenvalue weighted by atomic mass is 10.1. The molecule has 0 aliphatic carbocycles. The Bertz CT molecular complexity index is 1120. The summed E-state index contributed by atoms with van der Waals surface area (Å²) in [6, 6.07) is 1.68. The van der Waals surface area contributed by atoms with E-state index in [4.69, 9.17) is 15.8 Å². The van der Waals surface area contributed by atoms with Crippen LogP contribution in [-0.2, 0) is 9.05 Å². The first-order chi connectivity index (χ1) is 10.2. The van der Waals surface area contributed by atoms with Crippen LogP contribution in [0.4, 0.5) is 4.39 Å². The number of fused-ring (bicyclic) bond motifs is 3. The summed E-state index contributed by atoms with van der Waals surface area (Å²) in [5.41, 5.74) is -0.998. The van der Waals surface area contributed by atoms with Gasteiger partial charge in [0.1, 0.15) is 16.2 Å². The number of nitrogens with one attached hydrogen (secondary N) is 2. The van der Waals surface area contributed by atoms with Crippen molar-refractivity contribution in [2.24, 2.45) is 0 Å². The van der Waals surface area contributed by atoms with Crippen LogP contribution >= 0.6 is 10.7 Å². The Hall–Kier alpha value is -2.39. The second kappa shape index (κ2) is 4.55. The number of H-pyrrole nitrogens is 2. The number of hydrogen-bond donors (Lipinski definition) is 3. The fourth-order valence-electron chi connectivity index (χ4n) is 2.29. The Morgan fingerprint density at radius 3 is 2.59 bits per heavy atom. The second-order valence-electron chi connectivity index (χ2n) is 4.48. The average Bonchev–Trinajstić information content (AvgIpc) is 2.82. The number of aromatic amines is 2. The van der Waals surface area contributed by atoms with Crippen molar-refractivity contribution in [2.45, 2.75) is 4.90 Å². The van der Waals surface area contributed by atoms with Crippen molar-refractivity contribution in [3.05, 3.63) is 40.1 Å². The molecule has 0 fully saturated rings. The minimum Gasteiger partial charge on any atom is -0.478 e. The normalized spacial score (nSPS) is 12.1. The SMILES string of the molecule is O=C(O)c1c[nH]c2c(=O)[nH]c3cc(F)c(S(=O)(=O)Cl)cc3c12. The Balaban J connectivity index is 2.62. The van der Waals surface area contributed by atoms with Crippen molar-refractivity contribution in [1.29, 1.82) is 0 Å².